The van der Waals surface area contributed by atoms with E-state index < -0.39 is 0 Å². The number of hydrogen-bond acceptors (Lipinski definition) is 6. The molecule has 1 aliphatic rings. The van der Waals surface area contributed by atoms with Crippen molar-refractivity contribution in [1.29, 1.82) is 0 Å². The number of rotatable bonds is 8. The van der Waals surface area contributed by atoms with Crippen molar-refractivity contribution in [3.8, 4) is 17.1 Å². The molecular formula is C20H22N6O2. The van der Waals surface area contributed by atoms with Crippen LogP contribution in [0.5, 0.6) is 5.75 Å². The van der Waals surface area contributed by atoms with Crippen molar-refractivity contribution in [2.24, 2.45) is 0 Å². The number of carbonyl (C=O) groups is 1. The summed E-state index contributed by atoms with van der Waals surface area (Å²) in [5, 5.41) is 18.1. The van der Waals surface area contributed by atoms with E-state index in [2.05, 4.69) is 26.2 Å². The van der Waals surface area contributed by atoms with E-state index in [0.29, 0.717) is 24.1 Å². The van der Waals surface area contributed by atoms with Crippen LogP contribution in [0.1, 0.15) is 25.8 Å². The van der Waals surface area contributed by atoms with Crippen LogP contribution in [0, 0.1) is 0 Å². The Labute approximate surface area is 162 Å². The quantitative estimate of drug-likeness (QED) is 0.625. The molecule has 1 aliphatic carbocycles. The van der Waals surface area contributed by atoms with Gasteiger partial charge in [-0.1, -0.05) is 24.3 Å². The molecule has 28 heavy (non-hydrogen) atoms. The number of carbonyl (C=O) groups excluding carboxylic acids is 1. The Balaban J connectivity index is 1.40. The Hall–Kier alpha value is -3.42. The highest BCUT2D eigenvalue weighted by Crippen LogP contribution is 2.36. The summed E-state index contributed by atoms with van der Waals surface area (Å²) in [6.45, 7) is 2.59. The lowest BCUT2D eigenvalue weighted by molar-refractivity contribution is -0.114. The Kier molecular flexibility index (Phi) is 5.18. The molecule has 1 saturated carbocycles. The first-order valence-electron chi connectivity index (χ1n) is 9.38. The molecule has 0 saturated heterocycles. The van der Waals surface area contributed by atoms with Crippen molar-refractivity contribution in [2.45, 2.75) is 25.8 Å². The maximum atomic E-state index is 12.3. The molecule has 1 aromatic heterocycles. The van der Waals surface area contributed by atoms with E-state index in [-0.39, 0.29) is 12.5 Å². The number of nitrogens with one attached hydrogen (secondary N) is 2. The highest BCUT2D eigenvalue weighted by atomic mass is 16.5. The van der Waals surface area contributed by atoms with Gasteiger partial charge in [-0.15, -0.1) is 5.10 Å². The minimum Gasteiger partial charge on any atom is -0.492 e. The third-order valence-corrected chi connectivity index (χ3v) is 4.42. The van der Waals surface area contributed by atoms with E-state index in [1.807, 2.05) is 60.1 Å². The van der Waals surface area contributed by atoms with Gasteiger partial charge in [0, 0.05) is 11.3 Å². The predicted molar refractivity (Wildman–Crippen MR) is 106 cm³/mol. The zero-order valence-electron chi connectivity index (χ0n) is 15.6. The summed E-state index contributed by atoms with van der Waals surface area (Å²) >= 11 is 0. The summed E-state index contributed by atoms with van der Waals surface area (Å²) in [7, 11) is 0. The predicted octanol–water partition coefficient (Wildman–Crippen LogP) is 3.12. The first-order chi connectivity index (χ1) is 13.7. The Morgan fingerprint density at radius 3 is 2.89 bits per heavy atom. The van der Waals surface area contributed by atoms with Crippen molar-refractivity contribution >= 4 is 17.3 Å². The maximum absolute atomic E-state index is 12.3. The number of amides is 1. The fraction of sp³-hybridized carbons (Fsp3) is 0.300. The van der Waals surface area contributed by atoms with Crippen LogP contribution in [0.2, 0.25) is 0 Å². The van der Waals surface area contributed by atoms with Crippen molar-refractivity contribution in [2.75, 3.05) is 23.8 Å². The first kappa shape index (κ1) is 18.0. The van der Waals surface area contributed by atoms with E-state index in [4.69, 9.17) is 4.74 Å². The summed E-state index contributed by atoms with van der Waals surface area (Å²) in [4.78, 5) is 12.3. The number of hydrogen-bond donors (Lipinski definition) is 2. The summed E-state index contributed by atoms with van der Waals surface area (Å²) in [5.41, 5.74) is 2.41. The molecule has 0 radical (unpaired) electrons. The van der Waals surface area contributed by atoms with Crippen molar-refractivity contribution < 1.29 is 9.53 Å². The topological polar surface area (TPSA) is 94.0 Å². The highest BCUT2D eigenvalue weighted by molar-refractivity contribution is 5.95. The minimum absolute atomic E-state index is 0.136. The van der Waals surface area contributed by atoms with Crippen LogP contribution in [-0.2, 0) is 4.79 Å². The molecule has 8 nitrogen and oxygen atoms in total. The number of aromatic nitrogens is 4. The normalized spacial score (nSPS) is 13.2. The molecule has 0 unspecified atom stereocenters. The molecule has 0 spiro atoms. The van der Waals surface area contributed by atoms with Crippen molar-refractivity contribution in [1.82, 2.24) is 20.2 Å². The molecule has 4 rings (SSSR count). The average molecular weight is 378 g/mol. The Morgan fingerprint density at radius 2 is 2.07 bits per heavy atom. The smallest absolute Gasteiger partial charge is 0.243 e. The van der Waals surface area contributed by atoms with Crippen molar-refractivity contribution in [3.05, 3.63) is 48.5 Å². The van der Waals surface area contributed by atoms with Crippen LogP contribution < -0.4 is 15.4 Å². The fourth-order valence-corrected chi connectivity index (χ4v) is 2.94. The molecule has 0 aliphatic heterocycles. The second kappa shape index (κ2) is 8.08. The summed E-state index contributed by atoms with van der Waals surface area (Å²) in [6.07, 6.45) is 2.22. The molecule has 2 N–H and O–H groups in total. The zero-order chi connectivity index (χ0) is 19.3. The van der Waals surface area contributed by atoms with Gasteiger partial charge in [0.15, 0.2) is 5.82 Å². The van der Waals surface area contributed by atoms with Crippen molar-refractivity contribution in [3.63, 3.8) is 0 Å². The van der Waals surface area contributed by atoms with Gasteiger partial charge >= 0.3 is 0 Å². The van der Waals surface area contributed by atoms with Gasteiger partial charge in [0.25, 0.3) is 0 Å². The number of nitrogens with zero attached hydrogens (tertiary/aromatic N) is 4. The SMILES string of the molecule is CCOc1ccccc1NC(=O)CNc1cccc(-c2nnnn2C2CC2)c1. The highest BCUT2D eigenvalue weighted by Gasteiger charge is 2.28. The van der Waals surface area contributed by atoms with Crippen LogP contribution in [-0.4, -0.2) is 39.3 Å². The molecule has 0 atom stereocenters. The molecule has 144 valence electrons. The molecule has 0 bridgehead atoms. The second-order valence-electron chi connectivity index (χ2n) is 6.59. The van der Waals surface area contributed by atoms with Gasteiger partial charge in [0.2, 0.25) is 5.91 Å². The third-order valence-electron chi connectivity index (χ3n) is 4.42. The minimum atomic E-state index is -0.152. The molecule has 1 fully saturated rings. The first-order valence-corrected chi connectivity index (χ1v) is 9.38. The van der Waals surface area contributed by atoms with E-state index in [1.54, 1.807) is 0 Å². The van der Waals surface area contributed by atoms with Gasteiger partial charge in [-0.2, -0.15) is 0 Å². The fourth-order valence-electron chi connectivity index (χ4n) is 2.94. The summed E-state index contributed by atoms with van der Waals surface area (Å²) in [5.74, 6) is 1.26. The number of ether oxygens (including phenoxy) is 1. The number of tetrazole rings is 1. The molecule has 3 aromatic rings. The zero-order valence-corrected chi connectivity index (χ0v) is 15.6. The number of anilines is 2. The summed E-state index contributed by atoms with van der Waals surface area (Å²) < 4.78 is 7.41. The molecule has 1 heterocycles. The standard InChI is InChI=1S/C20H22N6O2/c1-2-28-18-9-4-3-8-17(18)22-19(27)13-21-15-7-5-6-14(12-15)20-23-24-25-26(20)16-10-11-16/h3-9,12,16,21H,2,10-11,13H2,1H3,(H,22,27). The average Bonchev–Trinajstić information content (AvgIpc) is 3.44. The van der Waals surface area contributed by atoms with Gasteiger partial charge < -0.3 is 15.4 Å². The second-order valence-corrected chi connectivity index (χ2v) is 6.59. The van der Waals surface area contributed by atoms with Crippen LogP contribution in [0.3, 0.4) is 0 Å². The van der Waals surface area contributed by atoms with Gasteiger partial charge in [0.05, 0.1) is 24.9 Å². The largest absolute Gasteiger partial charge is 0.492 e. The van der Waals surface area contributed by atoms with Crippen LogP contribution in [0.25, 0.3) is 11.4 Å². The molecule has 2 aromatic carbocycles. The third kappa shape index (κ3) is 4.11. The Morgan fingerprint density at radius 1 is 1.21 bits per heavy atom. The lowest BCUT2D eigenvalue weighted by Crippen LogP contribution is -2.22. The molecule has 8 heteroatoms. The molecule has 1 amide bonds. The van der Waals surface area contributed by atoms with Crippen LogP contribution >= 0.6 is 0 Å². The van der Waals surface area contributed by atoms with E-state index >= 15 is 0 Å². The lowest BCUT2D eigenvalue weighted by Gasteiger charge is -2.12. The maximum Gasteiger partial charge on any atom is 0.243 e. The lowest BCUT2D eigenvalue weighted by atomic mass is 10.2. The monoisotopic (exact) mass is 378 g/mol. The van der Waals surface area contributed by atoms with E-state index in [9.17, 15) is 4.79 Å². The summed E-state index contributed by atoms with van der Waals surface area (Å²) in [6, 6.07) is 15.5. The Bertz CT molecular complexity index is 967. The van der Waals surface area contributed by atoms with Gasteiger partial charge in [-0.25, -0.2) is 4.68 Å². The van der Waals surface area contributed by atoms with E-state index in [0.717, 1.165) is 29.9 Å². The van der Waals surface area contributed by atoms with Crippen LogP contribution in [0.4, 0.5) is 11.4 Å². The van der Waals surface area contributed by atoms with E-state index in [1.165, 1.54) is 0 Å². The van der Waals surface area contributed by atoms with Gasteiger partial charge in [-0.05, 0) is 54.5 Å². The number of para-hydroxylation sites is 2. The van der Waals surface area contributed by atoms with Gasteiger partial charge in [0.1, 0.15) is 5.75 Å². The molecular weight excluding hydrogens is 356 g/mol. The van der Waals surface area contributed by atoms with Crippen LogP contribution in [0.15, 0.2) is 48.5 Å². The number of benzene rings is 2. The van der Waals surface area contributed by atoms with Gasteiger partial charge in [-0.3, -0.25) is 4.79 Å².